The predicted molar refractivity (Wildman–Crippen MR) is 111 cm³/mol. The maximum atomic E-state index is 14.5. The van der Waals surface area contributed by atoms with Gasteiger partial charge in [-0.05, 0) is 37.0 Å². The number of nitrogens with zero attached hydrogens (tertiary/aromatic N) is 2. The Kier molecular flexibility index (Phi) is 5.54. The molecule has 4 rings (SSSR count). The summed E-state index contributed by atoms with van der Waals surface area (Å²) in [5.74, 6) is -0.488. The van der Waals surface area contributed by atoms with Gasteiger partial charge in [0.25, 0.3) is 5.56 Å². The van der Waals surface area contributed by atoms with Crippen LogP contribution in [-0.4, -0.2) is 32.5 Å². The molecule has 2 atom stereocenters. The zero-order valence-corrected chi connectivity index (χ0v) is 16.9. The van der Waals surface area contributed by atoms with Crippen LogP contribution in [0.15, 0.2) is 35.4 Å². The van der Waals surface area contributed by atoms with Gasteiger partial charge >= 0.3 is 6.03 Å². The smallest absolute Gasteiger partial charge is 0.319 e. The third-order valence-corrected chi connectivity index (χ3v) is 5.60. The summed E-state index contributed by atoms with van der Waals surface area (Å²) in [6, 6.07) is 3.40. The number of aromatic nitrogens is 4. The van der Waals surface area contributed by atoms with Crippen LogP contribution in [0.5, 0.6) is 0 Å². The third kappa shape index (κ3) is 4.06. The Bertz CT molecular complexity index is 1130. The third-order valence-electron chi connectivity index (χ3n) is 5.29. The van der Waals surface area contributed by atoms with Gasteiger partial charge in [0, 0.05) is 35.3 Å². The lowest BCUT2D eigenvalue weighted by Crippen LogP contribution is -2.43. The standard InChI is InChI=1S/C20H20ClFN6O2/c1-2-10-3-13(4-11-5-18(29)27-28-19(10)11)25-20(30)26-17-7-15(21)14(6-16(17)22)12-8-23-24-9-12/h5-10,13H,2-4H2,1H3,(H,23,24)(H,27,29)(H2,25,26,30). The number of aromatic amines is 2. The van der Waals surface area contributed by atoms with Gasteiger partial charge in [0.15, 0.2) is 0 Å². The van der Waals surface area contributed by atoms with E-state index in [-0.39, 0.29) is 28.2 Å². The Morgan fingerprint density at radius 3 is 2.93 bits per heavy atom. The largest absolute Gasteiger partial charge is 0.335 e. The van der Waals surface area contributed by atoms with Crippen molar-refractivity contribution in [2.24, 2.45) is 0 Å². The first-order valence-corrected chi connectivity index (χ1v) is 9.96. The topological polar surface area (TPSA) is 116 Å². The summed E-state index contributed by atoms with van der Waals surface area (Å²) in [7, 11) is 0. The van der Waals surface area contributed by atoms with E-state index in [2.05, 4.69) is 31.0 Å². The zero-order valence-electron chi connectivity index (χ0n) is 16.1. The summed E-state index contributed by atoms with van der Waals surface area (Å²) in [5.41, 5.74) is 2.50. The van der Waals surface area contributed by atoms with Crippen LogP contribution in [0.3, 0.4) is 0 Å². The molecule has 8 nitrogen and oxygen atoms in total. The first-order chi connectivity index (χ1) is 14.4. The van der Waals surface area contributed by atoms with Crippen molar-refractivity contribution in [2.75, 3.05) is 5.32 Å². The molecule has 156 valence electrons. The quantitative estimate of drug-likeness (QED) is 0.506. The molecule has 1 aliphatic rings. The molecule has 10 heteroatoms. The number of urea groups is 1. The van der Waals surface area contributed by atoms with E-state index in [0.717, 1.165) is 17.7 Å². The Hall–Kier alpha value is -3.20. The molecule has 2 aromatic heterocycles. The number of H-pyrrole nitrogens is 2. The number of halogens is 2. The molecule has 3 aromatic rings. The molecule has 0 bridgehead atoms. The lowest BCUT2D eigenvalue weighted by Gasteiger charge is -2.30. The van der Waals surface area contributed by atoms with Gasteiger partial charge in [0.2, 0.25) is 0 Å². The van der Waals surface area contributed by atoms with Gasteiger partial charge < -0.3 is 10.6 Å². The number of benzene rings is 1. The fourth-order valence-electron chi connectivity index (χ4n) is 3.85. The number of hydrogen-bond donors (Lipinski definition) is 4. The maximum Gasteiger partial charge on any atom is 0.319 e. The van der Waals surface area contributed by atoms with Gasteiger partial charge in [-0.15, -0.1) is 0 Å². The molecule has 0 radical (unpaired) electrons. The van der Waals surface area contributed by atoms with Crippen molar-refractivity contribution in [2.45, 2.75) is 38.1 Å². The van der Waals surface area contributed by atoms with Crippen LogP contribution >= 0.6 is 11.6 Å². The molecule has 2 amide bonds. The van der Waals surface area contributed by atoms with Crippen molar-refractivity contribution < 1.29 is 9.18 Å². The van der Waals surface area contributed by atoms with Crippen molar-refractivity contribution in [3.63, 3.8) is 0 Å². The monoisotopic (exact) mass is 430 g/mol. The number of carbonyl (C=O) groups excluding carboxylic acids is 1. The SMILES string of the molecule is CCC1CC(NC(=O)Nc2cc(Cl)c(-c3cn[nH]c3)cc2F)Cc2cc(=O)[nH]nc21. The first kappa shape index (κ1) is 20.1. The van der Waals surface area contributed by atoms with E-state index >= 15 is 0 Å². The molecule has 0 spiro atoms. The Balaban J connectivity index is 1.47. The minimum atomic E-state index is -0.609. The number of fused-ring (bicyclic) bond motifs is 1. The van der Waals surface area contributed by atoms with Crippen LogP contribution in [0, 0.1) is 5.82 Å². The van der Waals surface area contributed by atoms with Gasteiger partial charge in [-0.3, -0.25) is 9.89 Å². The van der Waals surface area contributed by atoms with Crippen molar-refractivity contribution >= 4 is 23.3 Å². The van der Waals surface area contributed by atoms with Crippen LogP contribution < -0.4 is 16.2 Å². The fraction of sp³-hybridized carbons (Fsp3) is 0.300. The molecular formula is C20H20ClFN6O2. The number of amides is 2. The minimum Gasteiger partial charge on any atom is -0.335 e. The lowest BCUT2D eigenvalue weighted by atomic mass is 9.82. The van der Waals surface area contributed by atoms with Gasteiger partial charge in [0.05, 0.1) is 22.6 Å². The maximum absolute atomic E-state index is 14.5. The van der Waals surface area contributed by atoms with E-state index in [9.17, 15) is 14.0 Å². The number of carbonyl (C=O) groups is 1. The Morgan fingerprint density at radius 2 is 2.20 bits per heavy atom. The number of rotatable bonds is 4. The molecular weight excluding hydrogens is 411 g/mol. The van der Waals surface area contributed by atoms with Gasteiger partial charge in [-0.2, -0.15) is 10.2 Å². The molecule has 2 heterocycles. The second kappa shape index (κ2) is 8.27. The van der Waals surface area contributed by atoms with E-state index < -0.39 is 11.8 Å². The average molecular weight is 431 g/mol. The van der Waals surface area contributed by atoms with Gasteiger partial charge in [-0.25, -0.2) is 14.3 Å². The summed E-state index contributed by atoms with van der Waals surface area (Å²) in [6.45, 7) is 2.03. The minimum absolute atomic E-state index is 0.0221. The van der Waals surface area contributed by atoms with E-state index in [1.807, 2.05) is 6.92 Å². The zero-order chi connectivity index (χ0) is 21.3. The van der Waals surface area contributed by atoms with E-state index in [1.54, 1.807) is 6.20 Å². The van der Waals surface area contributed by atoms with Crippen LogP contribution in [0.25, 0.3) is 11.1 Å². The molecule has 0 saturated heterocycles. The summed E-state index contributed by atoms with van der Waals surface area (Å²) >= 11 is 6.26. The molecule has 4 N–H and O–H groups in total. The van der Waals surface area contributed by atoms with Crippen LogP contribution in [-0.2, 0) is 6.42 Å². The van der Waals surface area contributed by atoms with Crippen molar-refractivity contribution in [3.8, 4) is 11.1 Å². The second-order valence-electron chi connectivity index (χ2n) is 7.28. The molecule has 1 aromatic carbocycles. The van der Waals surface area contributed by atoms with E-state index in [0.29, 0.717) is 24.0 Å². The van der Waals surface area contributed by atoms with Gasteiger partial charge in [0.1, 0.15) is 5.82 Å². The predicted octanol–water partition coefficient (Wildman–Crippen LogP) is 3.58. The number of nitrogens with one attached hydrogen (secondary N) is 4. The van der Waals surface area contributed by atoms with Crippen LogP contribution in [0.4, 0.5) is 14.9 Å². The number of anilines is 1. The van der Waals surface area contributed by atoms with Crippen molar-refractivity contribution in [1.29, 1.82) is 0 Å². The molecule has 1 aliphatic carbocycles. The normalized spacial score (nSPS) is 18.0. The Morgan fingerprint density at radius 1 is 1.37 bits per heavy atom. The summed E-state index contributed by atoms with van der Waals surface area (Å²) < 4.78 is 14.5. The summed E-state index contributed by atoms with van der Waals surface area (Å²) in [6.07, 6.45) is 5.12. The lowest BCUT2D eigenvalue weighted by molar-refractivity contribution is 0.245. The van der Waals surface area contributed by atoms with E-state index in [1.165, 1.54) is 24.4 Å². The molecule has 30 heavy (non-hydrogen) atoms. The Labute approximate surface area is 176 Å². The highest BCUT2D eigenvalue weighted by Crippen LogP contribution is 2.33. The van der Waals surface area contributed by atoms with Crippen LogP contribution in [0.1, 0.15) is 36.9 Å². The summed E-state index contributed by atoms with van der Waals surface area (Å²) in [4.78, 5) is 24.1. The summed E-state index contributed by atoms with van der Waals surface area (Å²) in [5, 5.41) is 18.8. The second-order valence-corrected chi connectivity index (χ2v) is 7.69. The average Bonchev–Trinajstić information content (AvgIpc) is 3.24. The van der Waals surface area contributed by atoms with E-state index in [4.69, 9.17) is 11.6 Å². The van der Waals surface area contributed by atoms with Gasteiger partial charge in [-0.1, -0.05) is 18.5 Å². The first-order valence-electron chi connectivity index (χ1n) is 9.58. The molecule has 0 fully saturated rings. The van der Waals surface area contributed by atoms with Crippen molar-refractivity contribution in [1.82, 2.24) is 25.7 Å². The van der Waals surface area contributed by atoms with Crippen LogP contribution in [0.2, 0.25) is 5.02 Å². The highest BCUT2D eigenvalue weighted by Gasteiger charge is 2.29. The molecule has 0 saturated carbocycles. The number of hydrogen-bond acceptors (Lipinski definition) is 4. The van der Waals surface area contributed by atoms with Crippen molar-refractivity contribution in [3.05, 3.63) is 63.0 Å². The molecule has 0 aliphatic heterocycles. The highest BCUT2D eigenvalue weighted by molar-refractivity contribution is 6.33. The fourth-order valence-corrected chi connectivity index (χ4v) is 4.12. The highest BCUT2D eigenvalue weighted by atomic mass is 35.5. The molecule has 2 unspecified atom stereocenters.